The maximum Gasteiger partial charge on any atom is 0.253 e. The van der Waals surface area contributed by atoms with Gasteiger partial charge in [-0.15, -0.1) is 0 Å². The first-order chi connectivity index (χ1) is 10.0. The first kappa shape index (κ1) is 15.4. The fourth-order valence-electron chi connectivity index (χ4n) is 1.85. The number of halogens is 3. The van der Waals surface area contributed by atoms with Crippen LogP contribution < -0.4 is 5.32 Å². The molecule has 6 heteroatoms. The third kappa shape index (κ3) is 3.56. The van der Waals surface area contributed by atoms with E-state index >= 15 is 0 Å². The van der Waals surface area contributed by atoms with Gasteiger partial charge in [0.25, 0.3) is 5.91 Å². The van der Waals surface area contributed by atoms with Crippen LogP contribution in [0.1, 0.15) is 22.0 Å². The molecule has 0 fully saturated rings. The maximum atomic E-state index is 13.2. The lowest BCUT2D eigenvalue weighted by molar-refractivity contribution is 0.0916. The van der Waals surface area contributed by atoms with Gasteiger partial charge in [0.2, 0.25) is 0 Å². The molecule has 2 N–H and O–H groups in total. The highest BCUT2D eigenvalue weighted by Gasteiger charge is 2.19. The molecule has 2 aromatic carbocycles. The largest absolute Gasteiger partial charge is 0.394 e. The van der Waals surface area contributed by atoms with Crippen LogP contribution in [-0.4, -0.2) is 17.6 Å². The van der Waals surface area contributed by atoms with Gasteiger partial charge in [0.15, 0.2) is 11.6 Å². The van der Waals surface area contributed by atoms with Crippen LogP contribution in [0.5, 0.6) is 0 Å². The number of hydrogen-bond donors (Lipinski definition) is 2. The molecule has 0 aliphatic carbocycles. The Morgan fingerprint density at radius 3 is 2.43 bits per heavy atom. The fraction of sp³-hybridized carbons (Fsp3) is 0.133. The van der Waals surface area contributed by atoms with E-state index < -0.39 is 23.6 Å². The van der Waals surface area contributed by atoms with Gasteiger partial charge in [-0.05, 0) is 17.7 Å². The smallest absolute Gasteiger partial charge is 0.253 e. The van der Waals surface area contributed by atoms with Crippen LogP contribution in [0.15, 0.2) is 42.5 Å². The van der Waals surface area contributed by atoms with Gasteiger partial charge in [-0.3, -0.25) is 4.79 Å². The van der Waals surface area contributed by atoms with Gasteiger partial charge in [0.05, 0.1) is 23.2 Å². The summed E-state index contributed by atoms with van der Waals surface area (Å²) in [6.07, 6.45) is 0. The van der Waals surface area contributed by atoms with Crippen molar-refractivity contribution >= 4 is 17.5 Å². The van der Waals surface area contributed by atoms with Crippen molar-refractivity contribution in [2.24, 2.45) is 0 Å². The summed E-state index contributed by atoms with van der Waals surface area (Å²) in [5.74, 6) is -2.98. The van der Waals surface area contributed by atoms with E-state index in [1.54, 1.807) is 30.3 Å². The van der Waals surface area contributed by atoms with Crippen LogP contribution in [-0.2, 0) is 0 Å². The van der Waals surface area contributed by atoms with Crippen molar-refractivity contribution in [3.8, 4) is 0 Å². The summed E-state index contributed by atoms with van der Waals surface area (Å²) in [7, 11) is 0. The number of carbonyl (C=O) groups is 1. The van der Waals surface area contributed by atoms with Gasteiger partial charge >= 0.3 is 0 Å². The van der Waals surface area contributed by atoms with Crippen molar-refractivity contribution in [3.63, 3.8) is 0 Å². The summed E-state index contributed by atoms with van der Waals surface area (Å²) in [5.41, 5.74) is 0.497. The zero-order chi connectivity index (χ0) is 15.4. The van der Waals surface area contributed by atoms with Gasteiger partial charge in [0, 0.05) is 0 Å². The van der Waals surface area contributed by atoms with Gasteiger partial charge in [-0.2, -0.15) is 0 Å². The molecule has 0 aliphatic heterocycles. The topological polar surface area (TPSA) is 49.3 Å². The van der Waals surface area contributed by atoms with Crippen molar-refractivity contribution in [3.05, 3.63) is 70.2 Å². The number of nitrogens with one attached hydrogen (secondary N) is 1. The van der Waals surface area contributed by atoms with Crippen molar-refractivity contribution in [1.82, 2.24) is 5.32 Å². The van der Waals surface area contributed by atoms with Crippen LogP contribution >= 0.6 is 11.6 Å². The molecule has 0 radical (unpaired) electrons. The number of hydrogen-bond acceptors (Lipinski definition) is 2. The average molecular weight is 312 g/mol. The minimum Gasteiger partial charge on any atom is -0.394 e. The third-order valence-electron chi connectivity index (χ3n) is 2.94. The zero-order valence-corrected chi connectivity index (χ0v) is 11.6. The van der Waals surface area contributed by atoms with Gasteiger partial charge < -0.3 is 10.4 Å². The van der Waals surface area contributed by atoms with Gasteiger partial charge in [-0.1, -0.05) is 41.9 Å². The summed E-state index contributed by atoms with van der Waals surface area (Å²) in [6.45, 7) is -0.336. The van der Waals surface area contributed by atoms with Crippen molar-refractivity contribution in [2.75, 3.05) is 6.61 Å². The molecule has 1 amide bonds. The second-order valence-corrected chi connectivity index (χ2v) is 4.77. The monoisotopic (exact) mass is 311 g/mol. The molecule has 2 aromatic rings. The van der Waals surface area contributed by atoms with Crippen LogP contribution in [0.2, 0.25) is 5.02 Å². The molecule has 0 saturated carbocycles. The van der Waals surface area contributed by atoms with E-state index in [-0.39, 0.29) is 17.2 Å². The Labute approximate surface area is 125 Å². The summed E-state index contributed by atoms with van der Waals surface area (Å²) in [4.78, 5) is 12.1. The summed E-state index contributed by atoms with van der Waals surface area (Å²) < 4.78 is 26.2. The predicted octanol–water partition coefficient (Wildman–Crippen LogP) is 3.08. The lowest BCUT2D eigenvalue weighted by atomic mass is 10.1. The second kappa shape index (κ2) is 6.65. The molecule has 0 spiro atoms. The van der Waals surface area contributed by atoms with Crippen molar-refractivity contribution in [1.29, 1.82) is 0 Å². The van der Waals surface area contributed by atoms with E-state index in [0.717, 1.165) is 12.1 Å². The summed E-state index contributed by atoms with van der Waals surface area (Å²) in [5, 5.41) is 11.7. The molecule has 3 nitrogen and oxygen atoms in total. The Morgan fingerprint density at radius 2 is 1.81 bits per heavy atom. The van der Waals surface area contributed by atoms with Crippen molar-refractivity contribution < 1.29 is 18.7 Å². The molecule has 2 rings (SSSR count). The minimum atomic E-state index is -1.16. The maximum absolute atomic E-state index is 13.2. The predicted molar refractivity (Wildman–Crippen MR) is 75.1 cm³/mol. The Hall–Kier alpha value is -1.98. The normalized spacial score (nSPS) is 12.0. The quantitative estimate of drug-likeness (QED) is 0.853. The van der Waals surface area contributed by atoms with Gasteiger partial charge in [-0.25, -0.2) is 8.78 Å². The van der Waals surface area contributed by atoms with Gasteiger partial charge in [0.1, 0.15) is 0 Å². The van der Waals surface area contributed by atoms with Crippen LogP contribution in [0.3, 0.4) is 0 Å². The Kier molecular flexibility index (Phi) is 4.88. The average Bonchev–Trinajstić information content (AvgIpc) is 2.49. The number of aliphatic hydroxyl groups is 1. The molecular formula is C15H12ClF2NO2. The highest BCUT2D eigenvalue weighted by Crippen LogP contribution is 2.21. The van der Waals surface area contributed by atoms with Crippen molar-refractivity contribution in [2.45, 2.75) is 6.04 Å². The lowest BCUT2D eigenvalue weighted by Gasteiger charge is -2.17. The summed E-state index contributed by atoms with van der Waals surface area (Å²) >= 11 is 5.74. The molecule has 1 atom stereocenters. The molecule has 0 aromatic heterocycles. The van der Waals surface area contributed by atoms with E-state index in [4.69, 9.17) is 11.6 Å². The molecule has 0 saturated heterocycles. The van der Waals surface area contributed by atoms with Crippen LogP contribution in [0, 0.1) is 11.6 Å². The lowest BCUT2D eigenvalue weighted by Crippen LogP contribution is -2.31. The van der Waals surface area contributed by atoms with E-state index in [9.17, 15) is 18.7 Å². The first-order valence-corrected chi connectivity index (χ1v) is 6.52. The van der Waals surface area contributed by atoms with E-state index in [1.165, 1.54) is 0 Å². The highest BCUT2D eigenvalue weighted by atomic mass is 35.5. The molecule has 110 valence electrons. The molecular weight excluding hydrogens is 300 g/mol. The van der Waals surface area contributed by atoms with E-state index in [2.05, 4.69) is 5.32 Å². The Bertz CT molecular complexity index is 650. The molecule has 0 heterocycles. The minimum absolute atomic E-state index is 0.190. The summed E-state index contributed by atoms with van der Waals surface area (Å²) in [6, 6.07) is 9.58. The SMILES string of the molecule is O=C(N[C@@H](CO)c1ccccc1)c1cc(F)c(F)cc1Cl. The second-order valence-electron chi connectivity index (χ2n) is 4.37. The third-order valence-corrected chi connectivity index (χ3v) is 3.26. The number of rotatable bonds is 4. The molecule has 0 bridgehead atoms. The van der Waals surface area contributed by atoms with Crippen LogP contribution in [0.4, 0.5) is 8.78 Å². The first-order valence-electron chi connectivity index (χ1n) is 6.14. The number of aliphatic hydroxyl groups excluding tert-OH is 1. The number of benzene rings is 2. The fourth-order valence-corrected chi connectivity index (χ4v) is 2.09. The standard InChI is InChI=1S/C15H12ClF2NO2/c16-11-7-13(18)12(17)6-10(11)15(21)19-14(8-20)9-4-2-1-3-5-9/h1-7,14,20H,8H2,(H,19,21)/t14-/m0/s1. The van der Waals surface area contributed by atoms with Crippen LogP contribution in [0.25, 0.3) is 0 Å². The van der Waals surface area contributed by atoms with E-state index in [0.29, 0.717) is 5.56 Å². The molecule has 21 heavy (non-hydrogen) atoms. The number of amides is 1. The number of carbonyl (C=O) groups excluding carboxylic acids is 1. The molecule has 0 unspecified atom stereocenters. The highest BCUT2D eigenvalue weighted by molar-refractivity contribution is 6.33. The Morgan fingerprint density at radius 1 is 1.19 bits per heavy atom. The zero-order valence-electron chi connectivity index (χ0n) is 10.8. The molecule has 0 aliphatic rings. The van der Waals surface area contributed by atoms with E-state index in [1.807, 2.05) is 0 Å². The Balaban J connectivity index is 2.23.